The minimum atomic E-state index is -0.438. The van der Waals surface area contributed by atoms with Gasteiger partial charge in [0.1, 0.15) is 5.69 Å². The van der Waals surface area contributed by atoms with Crippen LogP contribution in [0.1, 0.15) is 19.8 Å². The normalized spacial score (nSPS) is 16.5. The van der Waals surface area contributed by atoms with Gasteiger partial charge in [-0.1, -0.05) is 37.3 Å². The Hall–Kier alpha value is -2.73. The Morgan fingerprint density at radius 1 is 1.04 bits per heavy atom. The molecule has 0 radical (unpaired) electrons. The highest BCUT2D eigenvalue weighted by molar-refractivity contribution is 5.95. The number of nitrogens with zero attached hydrogens (tertiary/aromatic N) is 4. The molecule has 0 amide bonds. The van der Waals surface area contributed by atoms with Crippen LogP contribution in [0, 0.1) is 11.7 Å². The van der Waals surface area contributed by atoms with E-state index < -0.39 is 5.82 Å². The number of hydrogen-bond acceptors (Lipinski definition) is 4. The number of halogens is 1. The molecule has 4 rings (SSSR count). The Labute approximate surface area is 157 Å². The van der Waals surface area contributed by atoms with Crippen molar-refractivity contribution >= 4 is 22.3 Å². The van der Waals surface area contributed by atoms with E-state index in [1.54, 1.807) is 18.2 Å². The molecule has 3 aromatic rings. The van der Waals surface area contributed by atoms with E-state index in [2.05, 4.69) is 22.1 Å². The van der Waals surface area contributed by atoms with Crippen LogP contribution in [-0.2, 0) is 6.67 Å². The minimum Gasteiger partial charge on any atom is -0.493 e. The monoisotopic (exact) mass is 366 g/mol. The van der Waals surface area contributed by atoms with E-state index in [1.165, 1.54) is 18.9 Å². The van der Waals surface area contributed by atoms with E-state index in [4.69, 9.17) is 0 Å². The number of para-hydroxylation sites is 1. The highest BCUT2D eigenvalue weighted by Crippen LogP contribution is 2.40. The molecule has 0 bridgehead atoms. The Bertz CT molecular complexity index is 973. The first-order valence-corrected chi connectivity index (χ1v) is 9.32. The summed E-state index contributed by atoms with van der Waals surface area (Å²) in [5, 5.41) is 19.8. The summed E-state index contributed by atoms with van der Waals surface area (Å²) in [4.78, 5) is 2.34. The summed E-state index contributed by atoms with van der Waals surface area (Å²) in [7, 11) is 0. The lowest BCUT2D eigenvalue weighted by atomic mass is 10.00. The fraction of sp³-hybridized carbons (Fsp3) is 0.333. The van der Waals surface area contributed by atoms with Gasteiger partial charge in [-0.05, 0) is 37.0 Å². The molecule has 1 fully saturated rings. The first-order chi connectivity index (χ1) is 13.1. The number of aromatic hydroxyl groups is 1. The number of hydrogen-bond donors (Lipinski definition) is 1. The maximum absolute atomic E-state index is 13.8. The molecule has 1 N–H and O–H groups in total. The largest absolute Gasteiger partial charge is 0.493 e. The quantitative estimate of drug-likeness (QED) is 0.612. The summed E-state index contributed by atoms with van der Waals surface area (Å²) in [6, 6.07) is 13.9. The smallest absolute Gasteiger partial charge is 0.221 e. The summed E-state index contributed by atoms with van der Waals surface area (Å²) >= 11 is 0. The van der Waals surface area contributed by atoms with Crippen molar-refractivity contribution in [2.45, 2.75) is 26.4 Å². The predicted octanol–water partition coefficient (Wildman–Crippen LogP) is 5.59. The van der Waals surface area contributed by atoms with E-state index in [0.29, 0.717) is 12.4 Å². The van der Waals surface area contributed by atoms with E-state index >= 15 is 0 Å². The van der Waals surface area contributed by atoms with Crippen molar-refractivity contribution in [1.29, 1.82) is 0 Å². The average Bonchev–Trinajstić information content (AvgIpc) is 2.94. The zero-order valence-electron chi connectivity index (χ0n) is 15.3. The van der Waals surface area contributed by atoms with Gasteiger partial charge in [-0.3, -0.25) is 9.47 Å². The zero-order chi connectivity index (χ0) is 18.8. The first kappa shape index (κ1) is 17.7. The van der Waals surface area contributed by atoms with Crippen LogP contribution in [0.2, 0.25) is 0 Å². The molecule has 5 nitrogen and oxygen atoms in total. The molecule has 0 unspecified atom stereocenters. The van der Waals surface area contributed by atoms with Crippen molar-refractivity contribution in [3.8, 4) is 5.88 Å². The van der Waals surface area contributed by atoms with E-state index in [9.17, 15) is 9.50 Å². The Morgan fingerprint density at radius 2 is 1.74 bits per heavy atom. The van der Waals surface area contributed by atoms with Crippen LogP contribution in [0.3, 0.4) is 0 Å². The molecule has 6 heteroatoms. The molecule has 27 heavy (non-hydrogen) atoms. The van der Waals surface area contributed by atoms with E-state index in [-0.39, 0.29) is 11.6 Å². The molecule has 0 atom stereocenters. The highest BCUT2D eigenvalue weighted by atomic mass is 19.1. The molecule has 0 spiro atoms. The molecule has 1 saturated heterocycles. The first-order valence-electron chi connectivity index (χ1n) is 9.32. The number of piperidine rings is 1. The third-order valence-corrected chi connectivity index (χ3v) is 5.25. The number of fused-ring (bicyclic) bond motifs is 1. The van der Waals surface area contributed by atoms with Gasteiger partial charge >= 0.3 is 0 Å². The van der Waals surface area contributed by atoms with Gasteiger partial charge in [0.2, 0.25) is 5.88 Å². The molecule has 0 aliphatic carbocycles. The van der Waals surface area contributed by atoms with Gasteiger partial charge in [-0.25, -0.2) is 4.39 Å². The summed E-state index contributed by atoms with van der Waals surface area (Å²) < 4.78 is 15.7. The number of azo groups is 1. The van der Waals surface area contributed by atoms with Crippen molar-refractivity contribution < 1.29 is 9.50 Å². The maximum atomic E-state index is 13.8. The van der Waals surface area contributed by atoms with Gasteiger partial charge in [0.25, 0.3) is 0 Å². The van der Waals surface area contributed by atoms with Gasteiger partial charge in [-0.2, -0.15) is 0 Å². The molecular weight excluding hydrogens is 343 g/mol. The Morgan fingerprint density at radius 3 is 2.52 bits per heavy atom. The van der Waals surface area contributed by atoms with Crippen LogP contribution in [-0.4, -0.2) is 27.7 Å². The van der Waals surface area contributed by atoms with Gasteiger partial charge in [-0.15, -0.1) is 10.2 Å². The SMILES string of the molecule is CC1CCN(Cn2c(O)c(N=Nc3ccccc3F)c3ccccc32)CC1. The fourth-order valence-corrected chi connectivity index (χ4v) is 3.55. The lowest BCUT2D eigenvalue weighted by Crippen LogP contribution is -2.34. The van der Waals surface area contributed by atoms with Crippen LogP contribution < -0.4 is 0 Å². The van der Waals surface area contributed by atoms with Gasteiger partial charge in [0.05, 0.1) is 12.2 Å². The number of likely N-dealkylation sites (tertiary alicyclic amines) is 1. The van der Waals surface area contributed by atoms with Crippen molar-refractivity contribution in [1.82, 2.24) is 9.47 Å². The predicted molar refractivity (Wildman–Crippen MR) is 104 cm³/mol. The van der Waals surface area contributed by atoms with Gasteiger partial charge in [0.15, 0.2) is 11.5 Å². The maximum Gasteiger partial charge on any atom is 0.221 e. The standard InChI is InChI=1S/C21H23FN4O/c1-15-10-12-25(13-11-15)14-26-19-9-5-2-6-16(19)20(21(26)27)24-23-18-8-4-3-7-17(18)22/h2-9,15,27H,10-14H2,1H3. The summed E-state index contributed by atoms with van der Waals surface area (Å²) in [6.07, 6.45) is 2.33. The zero-order valence-corrected chi connectivity index (χ0v) is 15.3. The lowest BCUT2D eigenvalue weighted by molar-refractivity contribution is 0.151. The van der Waals surface area contributed by atoms with Crippen LogP contribution in [0.4, 0.5) is 15.8 Å². The number of benzene rings is 2. The molecule has 1 aliphatic rings. The molecule has 140 valence electrons. The van der Waals surface area contributed by atoms with Crippen molar-refractivity contribution in [3.63, 3.8) is 0 Å². The topological polar surface area (TPSA) is 53.1 Å². The second-order valence-electron chi connectivity index (χ2n) is 7.21. The Kier molecular flexibility index (Phi) is 4.90. The summed E-state index contributed by atoms with van der Waals surface area (Å²) in [5.41, 5.74) is 1.43. The van der Waals surface area contributed by atoms with Crippen LogP contribution in [0.15, 0.2) is 58.8 Å². The second kappa shape index (κ2) is 7.48. The lowest BCUT2D eigenvalue weighted by Gasteiger charge is -2.30. The van der Waals surface area contributed by atoms with Crippen molar-refractivity contribution in [2.24, 2.45) is 16.1 Å². The molecule has 0 saturated carbocycles. The van der Waals surface area contributed by atoms with E-state index in [0.717, 1.165) is 29.9 Å². The molecule has 2 aromatic carbocycles. The van der Waals surface area contributed by atoms with Crippen LogP contribution >= 0.6 is 0 Å². The summed E-state index contributed by atoms with van der Waals surface area (Å²) in [6.45, 7) is 4.91. The van der Waals surface area contributed by atoms with Crippen molar-refractivity contribution in [3.05, 3.63) is 54.3 Å². The van der Waals surface area contributed by atoms with Gasteiger partial charge in [0, 0.05) is 18.5 Å². The second-order valence-corrected chi connectivity index (χ2v) is 7.21. The minimum absolute atomic E-state index is 0.0647. The molecule has 1 aromatic heterocycles. The average molecular weight is 366 g/mol. The number of aromatic nitrogens is 1. The van der Waals surface area contributed by atoms with Crippen molar-refractivity contribution in [2.75, 3.05) is 13.1 Å². The Balaban J connectivity index is 1.69. The molecule has 1 aliphatic heterocycles. The van der Waals surface area contributed by atoms with Gasteiger partial charge < -0.3 is 5.11 Å². The highest BCUT2D eigenvalue weighted by Gasteiger charge is 2.21. The van der Waals surface area contributed by atoms with Crippen LogP contribution in [0.25, 0.3) is 10.9 Å². The summed E-state index contributed by atoms with van der Waals surface area (Å²) in [5.74, 6) is 0.378. The van der Waals surface area contributed by atoms with Crippen LogP contribution in [0.5, 0.6) is 5.88 Å². The third-order valence-electron chi connectivity index (χ3n) is 5.25. The number of rotatable bonds is 4. The fourth-order valence-electron chi connectivity index (χ4n) is 3.55. The third kappa shape index (κ3) is 3.57. The van der Waals surface area contributed by atoms with E-state index in [1.807, 2.05) is 28.8 Å². The molecule has 2 heterocycles. The molecular formula is C21H23FN4O.